The lowest BCUT2D eigenvalue weighted by Crippen LogP contribution is -2.44. The van der Waals surface area contributed by atoms with Gasteiger partial charge in [-0.15, -0.1) is 0 Å². The molecule has 9 heteroatoms. The molecule has 1 fully saturated rings. The number of aromatic nitrogens is 3. The average molecular weight is 470 g/mol. The minimum Gasteiger partial charge on any atom is -0.369 e. The van der Waals surface area contributed by atoms with Crippen LogP contribution in [0.1, 0.15) is 26.3 Å². The molecular formula is C26H27N7O2. The van der Waals surface area contributed by atoms with Gasteiger partial charge < -0.3 is 20.4 Å². The van der Waals surface area contributed by atoms with Gasteiger partial charge in [0.1, 0.15) is 0 Å². The molecule has 2 aromatic heterocycles. The van der Waals surface area contributed by atoms with E-state index in [0.717, 1.165) is 42.9 Å². The lowest BCUT2D eigenvalue weighted by Gasteiger charge is -2.34. The molecule has 2 aromatic carbocycles. The van der Waals surface area contributed by atoms with Crippen LogP contribution >= 0.6 is 0 Å². The Hall–Kier alpha value is -4.24. The van der Waals surface area contributed by atoms with Gasteiger partial charge in [-0.05, 0) is 61.1 Å². The quantitative estimate of drug-likeness (QED) is 0.401. The normalized spacial score (nSPS) is 14.1. The van der Waals surface area contributed by atoms with Gasteiger partial charge in [0.15, 0.2) is 5.82 Å². The molecule has 3 N–H and O–H groups in total. The second-order valence-electron chi connectivity index (χ2n) is 8.67. The molecule has 178 valence electrons. The topological polar surface area (TPSA) is 106 Å². The number of hydrogen-bond acceptors (Lipinski definition) is 6. The van der Waals surface area contributed by atoms with Crippen LogP contribution < -0.4 is 15.5 Å². The lowest BCUT2D eigenvalue weighted by molar-refractivity contribution is 0.0950. The summed E-state index contributed by atoms with van der Waals surface area (Å²) in [6, 6.07) is 16.6. The van der Waals surface area contributed by atoms with Gasteiger partial charge in [0.05, 0.1) is 5.52 Å². The summed E-state index contributed by atoms with van der Waals surface area (Å²) in [6.07, 6.45) is 3.40. The molecule has 0 unspecified atom stereocenters. The first kappa shape index (κ1) is 22.5. The van der Waals surface area contributed by atoms with E-state index in [-0.39, 0.29) is 11.8 Å². The largest absolute Gasteiger partial charge is 0.369 e. The maximum absolute atomic E-state index is 12.9. The maximum atomic E-state index is 12.9. The van der Waals surface area contributed by atoms with E-state index in [0.29, 0.717) is 28.9 Å². The zero-order valence-electron chi connectivity index (χ0n) is 19.5. The number of amides is 2. The van der Waals surface area contributed by atoms with E-state index >= 15 is 0 Å². The van der Waals surface area contributed by atoms with E-state index in [1.165, 1.54) is 0 Å². The summed E-state index contributed by atoms with van der Waals surface area (Å²) in [5.74, 6) is -0.0847. The van der Waals surface area contributed by atoms with Crippen molar-refractivity contribution < 1.29 is 9.59 Å². The van der Waals surface area contributed by atoms with E-state index in [9.17, 15) is 9.59 Å². The summed E-state index contributed by atoms with van der Waals surface area (Å²) in [7, 11) is 2.13. The Bertz CT molecular complexity index is 1330. The fourth-order valence-corrected chi connectivity index (χ4v) is 4.11. The SMILES string of the molecule is CN1CCN(c2ccc(C(=O)Nc3n[nH]c4ccc(C(=O)NCc5cccnc5)cc34)cc2)CC1. The summed E-state index contributed by atoms with van der Waals surface area (Å²) in [5.41, 5.74) is 3.78. The molecule has 3 heterocycles. The van der Waals surface area contributed by atoms with E-state index in [1.807, 2.05) is 36.4 Å². The van der Waals surface area contributed by atoms with E-state index < -0.39 is 0 Å². The Balaban J connectivity index is 1.26. The molecule has 2 amide bonds. The molecule has 9 nitrogen and oxygen atoms in total. The summed E-state index contributed by atoms with van der Waals surface area (Å²) in [5, 5.41) is 13.6. The summed E-state index contributed by atoms with van der Waals surface area (Å²) in [4.78, 5) is 34.2. The fraction of sp³-hybridized carbons (Fsp3) is 0.231. The number of carbonyl (C=O) groups excluding carboxylic acids is 2. The molecule has 0 spiro atoms. The molecule has 1 aliphatic rings. The average Bonchev–Trinajstić information content (AvgIpc) is 3.30. The van der Waals surface area contributed by atoms with E-state index in [2.05, 4.69) is 42.7 Å². The minimum absolute atomic E-state index is 0.214. The monoisotopic (exact) mass is 469 g/mol. The van der Waals surface area contributed by atoms with Gasteiger partial charge in [0.25, 0.3) is 11.8 Å². The molecule has 0 saturated carbocycles. The van der Waals surface area contributed by atoms with Gasteiger partial charge in [0, 0.05) is 67.3 Å². The number of fused-ring (bicyclic) bond motifs is 1. The Morgan fingerprint density at radius 1 is 0.971 bits per heavy atom. The van der Waals surface area contributed by atoms with Crippen molar-refractivity contribution in [3.63, 3.8) is 0 Å². The number of nitrogens with zero attached hydrogens (tertiary/aromatic N) is 4. The number of likely N-dealkylation sites (N-methyl/N-ethyl adjacent to an activating group) is 1. The number of hydrogen-bond donors (Lipinski definition) is 3. The Morgan fingerprint density at radius 3 is 2.49 bits per heavy atom. The molecule has 0 atom stereocenters. The zero-order valence-corrected chi connectivity index (χ0v) is 19.5. The molecule has 0 radical (unpaired) electrons. The van der Waals surface area contributed by atoms with Crippen LogP contribution in [0.4, 0.5) is 11.5 Å². The first-order valence-corrected chi connectivity index (χ1v) is 11.6. The third kappa shape index (κ3) is 5.15. The first-order chi connectivity index (χ1) is 17.1. The van der Waals surface area contributed by atoms with Crippen LogP contribution in [0.25, 0.3) is 10.9 Å². The number of carbonyl (C=O) groups is 2. The van der Waals surface area contributed by atoms with Crippen molar-refractivity contribution in [2.45, 2.75) is 6.54 Å². The molecule has 1 aliphatic heterocycles. The zero-order chi connectivity index (χ0) is 24.2. The number of aromatic amines is 1. The van der Waals surface area contributed by atoms with E-state index in [4.69, 9.17) is 0 Å². The van der Waals surface area contributed by atoms with Crippen LogP contribution in [-0.4, -0.2) is 65.1 Å². The molecule has 0 aliphatic carbocycles. The molecular weight excluding hydrogens is 442 g/mol. The third-order valence-electron chi connectivity index (χ3n) is 6.23. The smallest absolute Gasteiger partial charge is 0.256 e. The Kier molecular flexibility index (Phi) is 6.40. The van der Waals surface area contributed by atoms with Crippen LogP contribution in [0, 0.1) is 0 Å². The van der Waals surface area contributed by atoms with Crippen LogP contribution in [0.5, 0.6) is 0 Å². The highest BCUT2D eigenvalue weighted by atomic mass is 16.2. The van der Waals surface area contributed by atoms with Crippen LogP contribution in [0.15, 0.2) is 67.0 Å². The summed E-state index contributed by atoms with van der Waals surface area (Å²) in [6.45, 7) is 4.37. The second-order valence-corrected chi connectivity index (χ2v) is 8.67. The van der Waals surface area contributed by atoms with Gasteiger partial charge >= 0.3 is 0 Å². The first-order valence-electron chi connectivity index (χ1n) is 11.6. The lowest BCUT2D eigenvalue weighted by atomic mass is 10.1. The van der Waals surface area contributed by atoms with Crippen LogP contribution in [-0.2, 0) is 6.54 Å². The van der Waals surface area contributed by atoms with Crippen molar-refractivity contribution in [2.75, 3.05) is 43.4 Å². The molecule has 4 aromatic rings. The maximum Gasteiger partial charge on any atom is 0.256 e. The third-order valence-corrected chi connectivity index (χ3v) is 6.23. The molecule has 0 bridgehead atoms. The van der Waals surface area contributed by atoms with Gasteiger partial charge in [-0.1, -0.05) is 6.07 Å². The highest BCUT2D eigenvalue weighted by Crippen LogP contribution is 2.23. The van der Waals surface area contributed by atoms with Crippen molar-refractivity contribution in [3.05, 3.63) is 83.7 Å². The van der Waals surface area contributed by atoms with Gasteiger partial charge in [0.2, 0.25) is 0 Å². The molecule has 35 heavy (non-hydrogen) atoms. The van der Waals surface area contributed by atoms with E-state index in [1.54, 1.807) is 30.6 Å². The molecule has 5 rings (SSSR count). The number of piperazine rings is 1. The number of benzene rings is 2. The van der Waals surface area contributed by atoms with Crippen molar-refractivity contribution in [2.24, 2.45) is 0 Å². The Labute approximate surface area is 203 Å². The van der Waals surface area contributed by atoms with Crippen molar-refractivity contribution in [1.82, 2.24) is 25.4 Å². The predicted octanol–water partition coefficient (Wildman–Crippen LogP) is 2.89. The number of anilines is 2. The van der Waals surface area contributed by atoms with Crippen molar-refractivity contribution in [1.29, 1.82) is 0 Å². The summed E-state index contributed by atoms with van der Waals surface area (Å²) < 4.78 is 0. The highest BCUT2D eigenvalue weighted by Gasteiger charge is 2.16. The van der Waals surface area contributed by atoms with Crippen molar-refractivity contribution in [3.8, 4) is 0 Å². The van der Waals surface area contributed by atoms with Crippen LogP contribution in [0.2, 0.25) is 0 Å². The second kappa shape index (κ2) is 9.94. The summed E-state index contributed by atoms with van der Waals surface area (Å²) >= 11 is 0. The highest BCUT2D eigenvalue weighted by molar-refractivity contribution is 6.09. The number of pyridine rings is 1. The minimum atomic E-state index is -0.255. The van der Waals surface area contributed by atoms with Crippen molar-refractivity contribution >= 4 is 34.2 Å². The number of nitrogens with one attached hydrogen (secondary N) is 3. The molecule has 1 saturated heterocycles. The standard InChI is InChI=1S/C26H27N7O2/c1-32-11-13-33(14-12-32)21-7-4-19(5-8-21)26(35)29-24-22-15-20(6-9-23(22)30-31-24)25(34)28-17-18-3-2-10-27-16-18/h2-10,15-16H,11-14,17H2,1H3,(H,28,34)(H2,29,30,31,35). The van der Waals surface area contributed by atoms with Gasteiger partial charge in [-0.25, -0.2) is 0 Å². The van der Waals surface area contributed by atoms with Crippen LogP contribution in [0.3, 0.4) is 0 Å². The van der Waals surface area contributed by atoms with Gasteiger partial charge in [-0.2, -0.15) is 5.10 Å². The number of rotatable bonds is 6. The number of H-pyrrole nitrogens is 1. The predicted molar refractivity (Wildman–Crippen MR) is 136 cm³/mol. The fourth-order valence-electron chi connectivity index (χ4n) is 4.11. The Morgan fingerprint density at radius 2 is 1.74 bits per heavy atom. The van der Waals surface area contributed by atoms with Gasteiger partial charge in [-0.3, -0.25) is 19.7 Å².